The highest BCUT2D eigenvalue weighted by Gasteiger charge is 2.19. The first kappa shape index (κ1) is 18.6. The van der Waals surface area contributed by atoms with Crippen molar-refractivity contribution in [1.29, 1.82) is 0 Å². The number of carbonyl (C=O) groups excluding carboxylic acids is 1. The summed E-state index contributed by atoms with van der Waals surface area (Å²) in [7, 11) is 0. The Balaban J connectivity index is 1.71. The molecular weight excluding hydrogens is 365 g/mol. The highest BCUT2D eigenvalue weighted by molar-refractivity contribution is 5.94. The molecule has 4 rings (SSSR count). The summed E-state index contributed by atoms with van der Waals surface area (Å²) in [4.78, 5) is 13.1. The molecule has 0 aliphatic heterocycles. The fraction of sp³-hybridized carbons (Fsp3) is 0.0833. The first-order chi connectivity index (χ1) is 14.1. The van der Waals surface area contributed by atoms with E-state index in [1.165, 1.54) is 12.1 Å². The number of nitrogens with zero attached hydrogens (tertiary/aromatic N) is 2. The molecule has 0 saturated carbocycles. The molecule has 144 valence electrons. The topological polar surface area (TPSA) is 46.9 Å². The SMILES string of the molecule is C[C@@H](NC(=O)c1cc(-c2ccccc2)nn1-c1ccc(F)cc1)c1ccccc1. The smallest absolute Gasteiger partial charge is 0.270 e. The van der Waals surface area contributed by atoms with Crippen molar-refractivity contribution in [3.8, 4) is 16.9 Å². The van der Waals surface area contributed by atoms with Gasteiger partial charge < -0.3 is 5.32 Å². The summed E-state index contributed by atoms with van der Waals surface area (Å²) in [5.74, 6) is -0.590. The number of rotatable bonds is 5. The van der Waals surface area contributed by atoms with Gasteiger partial charge in [-0.05, 0) is 42.8 Å². The minimum Gasteiger partial charge on any atom is -0.344 e. The number of carbonyl (C=O) groups is 1. The van der Waals surface area contributed by atoms with Crippen LogP contribution in [0.4, 0.5) is 4.39 Å². The molecule has 3 aromatic carbocycles. The van der Waals surface area contributed by atoms with Crippen LogP contribution in [0.15, 0.2) is 91.0 Å². The van der Waals surface area contributed by atoms with E-state index in [4.69, 9.17) is 0 Å². The molecule has 0 saturated heterocycles. The average Bonchev–Trinajstić information content (AvgIpc) is 3.21. The van der Waals surface area contributed by atoms with E-state index in [-0.39, 0.29) is 17.8 Å². The number of aromatic nitrogens is 2. The van der Waals surface area contributed by atoms with Gasteiger partial charge in [-0.25, -0.2) is 9.07 Å². The summed E-state index contributed by atoms with van der Waals surface area (Å²) in [5.41, 5.74) is 3.59. The molecular formula is C24H20FN3O. The molecule has 1 aromatic heterocycles. The molecule has 0 bridgehead atoms. The van der Waals surface area contributed by atoms with Crippen molar-refractivity contribution in [3.63, 3.8) is 0 Å². The van der Waals surface area contributed by atoms with Gasteiger partial charge in [-0.15, -0.1) is 0 Å². The second-order valence-corrected chi connectivity index (χ2v) is 6.77. The Labute approximate surface area is 168 Å². The summed E-state index contributed by atoms with van der Waals surface area (Å²) in [6.45, 7) is 1.93. The Bertz CT molecular complexity index is 1110. The lowest BCUT2D eigenvalue weighted by molar-refractivity contribution is 0.0932. The molecule has 0 unspecified atom stereocenters. The Morgan fingerprint density at radius 3 is 2.21 bits per heavy atom. The number of hydrogen-bond acceptors (Lipinski definition) is 2. The molecule has 1 N–H and O–H groups in total. The third-order valence-electron chi connectivity index (χ3n) is 4.73. The van der Waals surface area contributed by atoms with Crippen LogP contribution in [0, 0.1) is 5.82 Å². The molecule has 0 aliphatic rings. The van der Waals surface area contributed by atoms with E-state index in [2.05, 4.69) is 10.4 Å². The van der Waals surface area contributed by atoms with Crippen LogP contribution in [0.2, 0.25) is 0 Å². The molecule has 1 heterocycles. The van der Waals surface area contributed by atoms with Crippen molar-refractivity contribution >= 4 is 5.91 Å². The lowest BCUT2D eigenvalue weighted by Gasteiger charge is -2.15. The van der Waals surface area contributed by atoms with Gasteiger partial charge in [-0.3, -0.25) is 4.79 Å². The molecule has 0 spiro atoms. The maximum Gasteiger partial charge on any atom is 0.270 e. The third-order valence-corrected chi connectivity index (χ3v) is 4.73. The van der Waals surface area contributed by atoms with Crippen molar-refractivity contribution in [2.24, 2.45) is 0 Å². The second-order valence-electron chi connectivity index (χ2n) is 6.77. The van der Waals surface area contributed by atoms with Crippen LogP contribution in [0.25, 0.3) is 16.9 Å². The van der Waals surface area contributed by atoms with Crippen LogP contribution < -0.4 is 5.32 Å². The van der Waals surface area contributed by atoms with Crippen molar-refractivity contribution in [2.45, 2.75) is 13.0 Å². The first-order valence-corrected chi connectivity index (χ1v) is 9.39. The van der Waals surface area contributed by atoms with E-state index in [0.717, 1.165) is 11.1 Å². The summed E-state index contributed by atoms with van der Waals surface area (Å²) < 4.78 is 14.9. The highest BCUT2D eigenvalue weighted by atomic mass is 19.1. The lowest BCUT2D eigenvalue weighted by atomic mass is 10.1. The van der Waals surface area contributed by atoms with Gasteiger partial charge >= 0.3 is 0 Å². The van der Waals surface area contributed by atoms with Gasteiger partial charge in [-0.2, -0.15) is 5.10 Å². The van der Waals surface area contributed by atoms with Gasteiger partial charge in [0.15, 0.2) is 0 Å². The summed E-state index contributed by atoms with van der Waals surface area (Å²) in [6, 6.07) is 26.9. The Morgan fingerprint density at radius 1 is 0.931 bits per heavy atom. The molecule has 0 radical (unpaired) electrons. The van der Waals surface area contributed by atoms with Crippen molar-refractivity contribution in [3.05, 3.63) is 108 Å². The minimum absolute atomic E-state index is 0.166. The molecule has 1 amide bonds. The van der Waals surface area contributed by atoms with Crippen LogP contribution in [0.5, 0.6) is 0 Å². The van der Waals surface area contributed by atoms with E-state index >= 15 is 0 Å². The normalized spacial score (nSPS) is 11.8. The van der Waals surface area contributed by atoms with E-state index in [1.54, 1.807) is 22.9 Å². The summed E-state index contributed by atoms with van der Waals surface area (Å²) >= 11 is 0. The Hall–Kier alpha value is -3.73. The molecule has 5 heteroatoms. The predicted molar refractivity (Wildman–Crippen MR) is 111 cm³/mol. The number of nitrogens with one attached hydrogen (secondary N) is 1. The predicted octanol–water partition coefficient (Wildman–Crippen LogP) is 5.17. The Kier molecular flexibility index (Phi) is 5.20. The molecule has 29 heavy (non-hydrogen) atoms. The van der Waals surface area contributed by atoms with Crippen LogP contribution >= 0.6 is 0 Å². The average molecular weight is 385 g/mol. The number of benzene rings is 3. The van der Waals surface area contributed by atoms with Crippen LogP contribution in [0.3, 0.4) is 0 Å². The standard InChI is InChI=1S/C24H20FN3O/c1-17(18-8-4-2-5-9-18)26-24(29)23-16-22(19-10-6-3-7-11-19)27-28(23)21-14-12-20(25)13-15-21/h2-17H,1H3,(H,26,29)/t17-/m1/s1. The first-order valence-electron chi connectivity index (χ1n) is 9.39. The van der Waals surface area contributed by atoms with Gasteiger partial charge in [0.05, 0.1) is 17.4 Å². The van der Waals surface area contributed by atoms with E-state index in [0.29, 0.717) is 17.1 Å². The molecule has 1 atom stereocenters. The fourth-order valence-electron chi connectivity index (χ4n) is 3.17. The maximum absolute atomic E-state index is 13.4. The number of halogens is 1. The van der Waals surface area contributed by atoms with Crippen LogP contribution in [-0.2, 0) is 0 Å². The lowest BCUT2D eigenvalue weighted by Crippen LogP contribution is -2.28. The molecule has 4 nitrogen and oxygen atoms in total. The van der Waals surface area contributed by atoms with E-state index < -0.39 is 0 Å². The zero-order valence-electron chi connectivity index (χ0n) is 15.9. The number of amides is 1. The summed E-state index contributed by atoms with van der Waals surface area (Å²) in [6.07, 6.45) is 0. The quantitative estimate of drug-likeness (QED) is 0.515. The van der Waals surface area contributed by atoms with Gasteiger partial charge in [0.1, 0.15) is 11.5 Å². The summed E-state index contributed by atoms with van der Waals surface area (Å²) in [5, 5.41) is 7.64. The zero-order valence-corrected chi connectivity index (χ0v) is 15.9. The fourth-order valence-corrected chi connectivity index (χ4v) is 3.17. The maximum atomic E-state index is 13.4. The largest absolute Gasteiger partial charge is 0.344 e. The van der Waals surface area contributed by atoms with Gasteiger partial charge in [0.25, 0.3) is 5.91 Å². The van der Waals surface area contributed by atoms with Crippen molar-refractivity contribution in [1.82, 2.24) is 15.1 Å². The molecule has 0 fully saturated rings. The Morgan fingerprint density at radius 2 is 1.55 bits per heavy atom. The zero-order chi connectivity index (χ0) is 20.2. The molecule has 0 aliphatic carbocycles. The molecule has 4 aromatic rings. The van der Waals surface area contributed by atoms with Crippen molar-refractivity contribution < 1.29 is 9.18 Å². The van der Waals surface area contributed by atoms with Crippen LogP contribution in [-0.4, -0.2) is 15.7 Å². The van der Waals surface area contributed by atoms with Gasteiger partial charge in [0, 0.05) is 5.56 Å². The van der Waals surface area contributed by atoms with Gasteiger partial charge in [0.2, 0.25) is 0 Å². The second kappa shape index (κ2) is 8.10. The highest BCUT2D eigenvalue weighted by Crippen LogP contribution is 2.23. The van der Waals surface area contributed by atoms with Crippen molar-refractivity contribution in [2.75, 3.05) is 0 Å². The van der Waals surface area contributed by atoms with Crippen LogP contribution in [0.1, 0.15) is 29.0 Å². The third kappa shape index (κ3) is 4.09. The number of hydrogen-bond donors (Lipinski definition) is 1. The minimum atomic E-state index is -0.340. The monoisotopic (exact) mass is 385 g/mol. The van der Waals surface area contributed by atoms with Gasteiger partial charge in [-0.1, -0.05) is 60.7 Å². The van der Waals surface area contributed by atoms with E-state index in [1.807, 2.05) is 67.6 Å². The van der Waals surface area contributed by atoms with E-state index in [9.17, 15) is 9.18 Å².